The summed E-state index contributed by atoms with van der Waals surface area (Å²) < 4.78 is 26.3. The molecule has 0 fully saturated rings. The Kier molecular flexibility index (Phi) is 3.84. The zero-order valence-electron chi connectivity index (χ0n) is 10.1. The summed E-state index contributed by atoms with van der Waals surface area (Å²) in [6.45, 7) is 3.87. The normalized spacial score (nSPS) is 12.6. The van der Waals surface area contributed by atoms with Gasteiger partial charge in [0.15, 0.2) is 0 Å². The van der Waals surface area contributed by atoms with E-state index in [0.717, 1.165) is 10.9 Å². The molecule has 0 aliphatic carbocycles. The van der Waals surface area contributed by atoms with Gasteiger partial charge in [0.1, 0.15) is 11.3 Å². The van der Waals surface area contributed by atoms with Gasteiger partial charge in [-0.05, 0) is 31.5 Å². The van der Waals surface area contributed by atoms with Crippen molar-refractivity contribution in [3.8, 4) is 5.75 Å². The predicted octanol–water partition coefficient (Wildman–Crippen LogP) is 2.91. The van der Waals surface area contributed by atoms with Gasteiger partial charge < -0.3 is 13.5 Å². The maximum absolute atomic E-state index is 11.3. The molecule has 0 aliphatic heterocycles. The lowest BCUT2D eigenvalue weighted by molar-refractivity contribution is 0.302. The number of fused-ring (bicyclic) bond motifs is 1. The minimum absolute atomic E-state index is 0.319. The molecule has 0 N–H and O–H groups in total. The molecule has 96 valence electrons. The molecule has 0 radical (unpaired) electrons. The van der Waals surface area contributed by atoms with E-state index >= 15 is 0 Å². The molecular weight excluding hydrogens is 255 g/mol. The maximum atomic E-state index is 11.3. The monoisotopic (exact) mass is 268 g/mol. The first-order valence-electron chi connectivity index (χ1n) is 5.49. The molecule has 0 bridgehead atoms. The highest BCUT2D eigenvalue weighted by Crippen LogP contribution is 2.30. The lowest BCUT2D eigenvalue weighted by atomic mass is 10.1. The summed E-state index contributed by atoms with van der Waals surface area (Å²) in [6.07, 6.45) is 0. The van der Waals surface area contributed by atoms with Crippen LogP contribution >= 0.6 is 8.25 Å². The minimum atomic E-state index is -2.55. The number of rotatable bonds is 4. The fourth-order valence-corrected chi connectivity index (χ4v) is 2.23. The van der Waals surface area contributed by atoms with Crippen LogP contribution in [0.25, 0.3) is 11.0 Å². The molecule has 1 atom stereocenters. The largest absolute Gasteiger partial charge is 0.426 e. The molecule has 1 unspecified atom stereocenters. The Labute approximate surface area is 104 Å². The maximum Gasteiger partial charge on any atom is 0.367 e. The molecule has 0 saturated carbocycles. The second-order valence-electron chi connectivity index (χ2n) is 3.69. The van der Waals surface area contributed by atoms with Crippen molar-refractivity contribution in [2.75, 3.05) is 6.61 Å². The van der Waals surface area contributed by atoms with Crippen LogP contribution < -0.4 is 10.1 Å². The average molecular weight is 268 g/mol. The Bertz CT molecular complexity index is 646. The van der Waals surface area contributed by atoms with Crippen LogP contribution in [0.2, 0.25) is 0 Å². The second kappa shape index (κ2) is 5.38. The van der Waals surface area contributed by atoms with Gasteiger partial charge in [-0.2, -0.15) is 0 Å². The van der Waals surface area contributed by atoms with Crippen LogP contribution in [-0.2, 0) is 9.09 Å². The third-order valence-electron chi connectivity index (χ3n) is 2.39. The quantitative estimate of drug-likeness (QED) is 0.630. The Hall–Kier alpha value is -1.58. The van der Waals surface area contributed by atoms with E-state index in [1.807, 2.05) is 6.92 Å². The van der Waals surface area contributed by atoms with Gasteiger partial charge in [0.25, 0.3) is 0 Å². The van der Waals surface area contributed by atoms with Crippen molar-refractivity contribution >= 4 is 19.2 Å². The molecule has 2 rings (SSSR count). The van der Waals surface area contributed by atoms with Gasteiger partial charge in [0, 0.05) is 17.5 Å². The summed E-state index contributed by atoms with van der Waals surface area (Å²) in [5.74, 6) is 0.355. The third kappa shape index (κ3) is 2.81. The minimum Gasteiger partial charge on any atom is -0.426 e. The average Bonchev–Trinajstić information content (AvgIpc) is 2.28. The van der Waals surface area contributed by atoms with Crippen LogP contribution in [0, 0.1) is 6.92 Å². The standard InChI is InChI=1S/C12H13O5P/c1-3-15-18(14)17-9-4-5-10-8(2)6-12(13)16-11(10)7-9/h4-7,18H,3H2,1-2H3. The van der Waals surface area contributed by atoms with E-state index in [1.165, 1.54) is 12.1 Å². The lowest BCUT2D eigenvalue weighted by Crippen LogP contribution is -1.97. The number of aryl methyl sites for hydroxylation is 1. The molecule has 18 heavy (non-hydrogen) atoms. The van der Waals surface area contributed by atoms with Crippen molar-refractivity contribution in [3.63, 3.8) is 0 Å². The Morgan fingerprint density at radius 3 is 2.83 bits per heavy atom. The van der Waals surface area contributed by atoms with E-state index in [0.29, 0.717) is 17.9 Å². The molecule has 5 nitrogen and oxygen atoms in total. The van der Waals surface area contributed by atoms with Gasteiger partial charge in [0.05, 0.1) is 6.61 Å². The predicted molar refractivity (Wildman–Crippen MR) is 68.5 cm³/mol. The van der Waals surface area contributed by atoms with Crippen molar-refractivity contribution in [2.45, 2.75) is 13.8 Å². The van der Waals surface area contributed by atoms with Crippen molar-refractivity contribution < 1.29 is 18.0 Å². The topological polar surface area (TPSA) is 65.7 Å². The highest BCUT2D eigenvalue weighted by atomic mass is 31.1. The van der Waals surface area contributed by atoms with E-state index in [-0.39, 0.29) is 0 Å². The molecule has 0 aliphatic rings. The summed E-state index contributed by atoms with van der Waals surface area (Å²) in [5.41, 5.74) is 0.809. The van der Waals surface area contributed by atoms with E-state index in [9.17, 15) is 9.36 Å². The summed E-state index contributed by atoms with van der Waals surface area (Å²) in [6, 6.07) is 6.37. The van der Waals surface area contributed by atoms with Crippen LogP contribution in [-0.4, -0.2) is 6.61 Å². The third-order valence-corrected chi connectivity index (χ3v) is 3.31. The van der Waals surface area contributed by atoms with Gasteiger partial charge in [-0.3, -0.25) is 0 Å². The zero-order valence-corrected chi connectivity index (χ0v) is 11.1. The molecule has 1 aromatic heterocycles. The zero-order chi connectivity index (χ0) is 13.1. The van der Waals surface area contributed by atoms with Crippen molar-refractivity contribution in [3.05, 3.63) is 40.2 Å². The fraction of sp³-hybridized carbons (Fsp3) is 0.250. The SMILES string of the molecule is CCO[PH](=O)Oc1ccc2c(C)cc(=O)oc2c1. The second-order valence-corrected chi connectivity index (χ2v) is 4.68. The van der Waals surface area contributed by atoms with E-state index in [1.54, 1.807) is 19.1 Å². The molecule has 0 amide bonds. The Morgan fingerprint density at radius 1 is 1.33 bits per heavy atom. The summed E-state index contributed by atoms with van der Waals surface area (Å²) in [4.78, 5) is 11.3. The molecule has 1 heterocycles. The summed E-state index contributed by atoms with van der Waals surface area (Å²) in [5, 5.41) is 0.818. The molecule has 1 aromatic carbocycles. The number of benzene rings is 1. The number of hydrogen-bond acceptors (Lipinski definition) is 5. The van der Waals surface area contributed by atoms with Crippen LogP contribution in [0.4, 0.5) is 0 Å². The highest BCUT2D eigenvalue weighted by molar-refractivity contribution is 7.33. The summed E-state index contributed by atoms with van der Waals surface area (Å²) >= 11 is 0. The van der Waals surface area contributed by atoms with Gasteiger partial charge in [0.2, 0.25) is 0 Å². The van der Waals surface area contributed by atoms with Crippen LogP contribution in [0.5, 0.6) is 5.75 Å². The number of hydrogen-bond donors (Lipinski definition) is 0. The fourth-order valence-electron chi connectivity index (χ4n) is 1.61. The van der Waals surface area contributed by atoms with Crippen molar-refractivity contribution in [1.82, 2.24) is 0 Å². The lowest BCUT2D eigenvalue weighted by Gasteiger charge is -2.06. The van der Waals surface area contributed by atoms with Crippen LogP contribution in [0.1, 0.15) is 12.5 Å². The first kappa shape index (κ1) is 12.9. The van der Waals surface area contributed by atoms with Crippen molar-refractivity contribution in [2.24, 2.45) is 0 Å². The Morgan fingerprint density at radius 2 is 2.11 bits per heavy atom. The first-order chi connectivity index (χ1) is 8.60. The molecular formula is C12H13O5P. The van der Waals surface area contributed by atoms with Crippen LogP contribution in [0.15, 0.2) is 33.5 Å². The van der Waals surface area contributed by atoms with Gasteiger partial charge >= 0.3 is 13.9 Å². The van der Waals surface area contributed by atoms with Gasteiger partial charge in [-0.1, -0.05) is 0 Å². The van der Waals surface area contributed by atoms with E-state index < -0.39 is 13.9 Å². The molecule has 6 heteroatoms. The smallest absolute Gasteiger partial charge is 0.367 e. The molecule has 2 aromatic rings. The summed E-state index contributed by atoms with van der Waals surface area (Å²) in [7, 11) is -2.55. The first-order valence-corrected chi connectivity index (χ1v) is 6.71. The van der Waals surface area contributed by atoms with Gasteiger partial charge in [-0.15, -0.1) is 0 Å². The molecule has 0 spiro atoms. The van der Waals surface area contributed by atoms with Crippen LogP contribution in [0.3, 0.4) is 0 Å². The molecule has 0 saturated heterocycles. The highest BCUT2D eigenvalue weighted by Gasteiger charge is 2.06. The van der Waals surface area contributed by atoms with Gasteiger partial charge in [-0.25, -0.2) is 9.36 Å². The Balaban J connectivity index is 2.38. The van der Waals surface area contributed by atoms with E-state index in [4.69, 9.17) is 13.5 Å². The van der Waals surface area contributed by atoms with Crippen molar-refractivity contribution in [1.29, 1.82) is 0 Å². The van der Waals surface area contributed by atoms with E-state index in [2.05, 4.69) is 0 Å².